The third-order valence-corrected chi connectivity index (χ3v) is 5.12. The zero-order chi connectivity index (χ0) is 20.9. The van der Waals surface area contributed by atoms with E-state index in [4.69, 9.17) is 0 Å². The molecule has 6 nitrogen and oxygen atoms in total. The summed E-state index contributed by atoms with van der Waals surface area (Å²) < 4.78 is 17.7. The first-order valence-electron chi connectivity index (χ1n) is 9.93. The maximum atomic E-state index is 13.7. The molecule has 0 bridgehead atoms. The van der Waals surface area contributed by atoms with Crippen LogP contribution in [0, 0.1) is 5.82 Å². The van der Waals surface area contributed by atoms with Crippen molar-refractivity contribution in [1.82, 2.24) is 24.8 Å². The second-order valence-electron chi connectivity index (χ2n) is 7.21. The Bertz CT molecular complexity index is 1150. The summed E-state index contributed by atoms with van der Waals surface area (Å²) in [5.74, 6) is 0.280. The lowest BCUT2D eigenvalue weighted by molar-refractivity contribution is 0.238. The van der Waals surface area contributed by atoms with Crippen LogP contribution >= 0.6 is 0 Å². The number of hydrogen-bond acceptors (Lipinski definition) is 2. The molecule has 0 unspecified atom stereocenters. The van der Waals surface area contributed by atoms with E-state index in [-0.39, 0.29) is 11.8 Å². The van der Waals surface area contributed by atoms with Crippen LogP contribution in [-0.4, -0.2) is 26.7 Å². The zero-order valence-corrected chi connectivity index (χ0v) is 16.8. The van der Waals surface area contributed by atoms with Gasteiger partial charge in [0.1, 0.15) is 17.7 Å². The maximum absolute atomic E-state index is 13.7. The number of rotatable bonds is 7. The molecule has 0 fully saturated rings. The van der Waals surface area contributed by atoms with Gasteiger partial charge in [0.15, 0.2) is 0 Å². The molecule has 154 valence electrons. The normalized spacial score (nSPS) is 12.1. The van der Waals surface area contributed by atoms with Gasteiger partial charge >= 0.3 is 6.03 Å². The molecule has 2 aromatic carbocycles. The van der Waals surface area contributed by atoms with Crippen molar-refractivity contribution in [3.63, 3.8) is 0 Å². The molecule has 0 spiro atoms. The predicted octanol–water partition coefficient (Wildman–Crippen LogP) is 3.99. The highest BCUT2D eigenvalue weighted by Gasteiger charge is 2.21. The van der Waals surface area contributed by atoms with Gasteiger partial charge in [0, 0.05) is 44.2 Å². The minimum Gasteiger partial charge on any atom is -0.347 e. The number of carbonyl (C=O) groups is 1. The summed E-state index contributed by atoms with van der Waals surface area (Å²) in [6.07, 6.45) is 6.30. The molecule has 7 heteroatoms. The van der Waals surface area contributed by atoms with E-state index in [9.17, 15) is 9.18 Å². The second kappa shape index (κ2) is 8.82. The summed E-state index contributed by atoms with van der Waals surface area (Å²) >= 11 is 0. The molecule has 0 aliphatic heterocycles. The van der Waals surface area contributed by atoms with Crippen molar-refractivity contribution in [3.05, 3.63) is 90.4 Å². The Labute approximate surface area is 174 Å². The Balaban J connectivity index is 1.36. The average molecular weight is 405 g/mol. The van der Waals surface area contributed by atoms with Crippen LogP contribution in [0.25, 0.3) is 10.9 Å². The fraction of sp³-hybridized carbons (Fsp3) is 0.217. The number of carbonyl (C=O) groups excluding carboxylic acids is 1. The number of aryl methyl sites for hydroxylation is 2. The molecular weight excluding hydrogens is 381 g/mol. The highest BCUT2D eigenvalue weighted by atomic mass is 19.1. The van der Waals surface area contributed by atoms with Crippen LogP contribution in [0.4, 0.5) is 9.18 Å². The number of imidazole rings is 1. The number of aromatic nitrogens is 3. The van der Waals surface area contributed by atoms with Crippen molar-refractivity contribution in [2.45, 2.75) is 19.0 Å². The van der Waals surface area contributed by atoms with Crippen LogP contribution in [0.5, 0.6) is 0 Å². The summed E-state index contributed by atoms with van der Waals surface area (Å²) in [4.78, 5) is 16.9. The van der Waals surface area contributed by atoms with E-state index in [2.05, 4.69) is 44.6 Å². The Kier molecular flexibility index (Phi) is 5.79. The van der Waals surface area contributed by atoms with Gasteiger partial charge in [-0.25, -0.2) is 14.2 Å². The Morgan fingerprint density at radius 2 is 2.00 bits per heavy atom. The van der Waals surface area contributed by atoms with Gasteiger partial charge < -0.3 is 19.8 Å². The molecular formula is C23H24FN5O. The summed E-state index contributed by atoms with van der Waals surface area (Å²) in [6, 6.07) is 15.6. The largest absolute Gasteiger partial charge is 0.347 e. The maximum Gasteiger partial charge on any atom is 0.315 e. The fourth-order valence-corrected chi connectivity index (χ4v) is 3.61. The van der Waals surface area contributed by atoms with Crippen LogP contribution in [0.15, 0.2) is 73.2 Å². The number of halogens is 1. The molecule has 2 heterocycles. The molecule has 2 N–H and O–H groups in total. The van der Waals surface area contributed by atoms with Gasteiger partial charge in [-0.2, -0.15) is 0 Å². The third-order valence-electron chi connectivity index (χ3n) is 5.12. The van der Waals surface area contributed by atoms with Gasteiger partial charge in [-0.15, -0.1) is 0 Å². The number of nitrogens with zero attached hydrogens (tertiary/aromatic N) is 3. The monoisotopic (exact) mass is 405 g/mol. The van der Waals surface area contributed by atoms with E-state index in [1.165, 1.54) is 23.0 Å². The summed E-state index contributed by atoms with van der Waals surface area (Å²) in [5, 5.41) is 7.02. The van der Waals surface area contributed by atoms with E-state index in [1.54, 1.807) is 24.5 Å². The number of fused-ring (bicyclic) bond motifs is 1. The number of urea groups is 1. The predicted molar refractivity (Wildman–Crippen MR) is 115 cm³/mol. The molecule has 2 aromatic heterocycles. The Morgan fingerprint density at radius 1 is 1.13 bits per heavy atom. The highest BCUT2D eigenvalue weighted by Crippen LogP contribution is 2.21. The molecule has 1 atom stereocenters. The standard InChI is InChI=1S/C23H24FN5O/c1-28-15-12-25-22(28)21(18-7-4-8-19(24)16-18)27-23(30)26-11-5-13-29-14-10-17-6-2-3-9-20(17)29/h2-4,6-10,12,14-16,21H,5,11,13H2,1H3,(H2,26,27,30)/t21-/m0/s1. The van der Waals surface area contributed by atoms with E-state index in [1.807, 2.05) is 23.7 Å². The van der Waals surface area contributed by atoms with Gasteiger partial charge in [-0.05, 0) is 41.6 Å². The van der Waals surface area contributed by atoms with E-state index in [0.717, 1.165) is 13.0 Å². The Hall–Kier alpha value is -3.61. The molecule has 30 heavy (non-hydrogen) atoms. The zero-order valence-electron chi connectivity index (χ0n) is 16.8. The number of hydrogen-bond donors (Lipinski definition) is 2. The number of amides is 2. The first-order chi connectivity index (χ1) is 14.6. The molecule has 4 aromatic rings. The summed E-state index contributed by atoms with van der Waals surface area (Å²) in [6.45, 7) is 1.33. The average Bonchev–Trinajstić information content (AvgIpc) is 3.35. The number of nitrogens with one attached hydrogen (secondary N) is 2. The topological polar surface area (TPSA) is 63.9 Å². The molecule has 4 rings (SSSR count). The van der Waals surface area contributed by atoms with Crippen LogP contribution < -0.4 is 10.6 Å². The molecule has 0 radical (unpaired) electrons. The van der Waals surface area contributed by atoms with Crippen LogP contribution in [0.2, 0.25) is 0 Å². The second-order valence-corrected chi connectivity index (χ2v) is 7.21. The van der Waals surface area contributed by atoms with Gasteiger partial charge in [0.2, 0.25) is 0 Å². The van der Waals surface area contributed by atoms with Crippen LogP contribution in [0.1, 0.15) is 23.9 Å². The molecule has 0 saturated carbocycles. The van der Waals surface area contributed by atoms with Crippen LogP contribution in [0.3, 0.4) is 0 Å². The molecule has 2 amide bonds. The van der Waals surface area contributed by atoms with Crippen molar-refractivity contribution in [2.24, 2.45) is 7.05 Å². The van der Waals surface area contributed by atoms with Gasteiger partial charge in [0.25, 0.3) is 0 Å². The van der Waals surface area contributed by atoms with E-state index >= 15 is 0 Å². The van der Waals surface area contributed by atoms with Crippen LogP contribution in [-0.2, 0) is 13.6 Å². The quantitative estimate of drug-likeness (QED) is 0.457. The minimum atomic E-state index is -0.547. The third kappa shape index (κ3) is 4.35. The molecule has 0 aliphatic rings. The molecule has 0 saturated heterocycles. The van der Waals surface area contributed by atoms with Crippen molar-refractivity contribution in [1.29, 1.82) is 0 Å². The Morgan fingerprint density at radius 3 is 2.80 bits per heavy atom. The SMILES string of the molecule is Cn1ccnc1[C@@H](NC(=O)NCCCn1ccc2ccccc21)c1cccc(F)c1. The number of benzene rings is 2. The van der Waals surface area contributed by atoms with Crippen molar-refractivity contribution in [2.75, 3.05) is 6.54 Å². The lowest BCUT2D eigenvalue weighted by atomic mass is 10.1. The van der Waals surface area contributed by atoms with Crippen molar-refractivity contribution < 1.29 is 9.18 Å². The highest BCUT2D eigenvalue weighted by molar-refractivity contribution is 5.79. The van der Waals surface area contributed by atoms with Gasteiger partial charge in [0.05, 0.1) is 0 Å². The van der Waals surface area contributed by atoms with E-state index in [0.29, 0.717) is 17.9 Å². The smallest absolute Gasteiger partial charge is 0.315 e. The van der Waals surface area contributed by atoms with Gasteiger partial charge in [-0.3, -0.25) is 0 Å². The van der Waals surface area contributed by atoms with Crippen molar-refractivity contribution >= 4 is 16.9 Å². The first-order valence-corrected chi connectivity index (χ1v) is 9.93. The minimum absolute atomic E-state index is 0.315. The summed E-state index contributed by atoms with van der Waals surface area (Å²) in [7, 11) is 1.84. The number of para-hydroxylation sites is 1. The van der Waals surface area contributed by atoms with Gasteiger partial charge in [-0.1, -0.05) is 30.3 Å². The molecule has 0 aliphatic carbocycles. The first kappa shape index (κ1) is 19.7. The van der Waals surface area contributed by atoms with Crippen molar-refractivity contribution in [3.8, 4) is 0 Å². The lowest BCUT2D eigenvalue weighted by Crippen LogP contribution is -2.39. The summed E-state index contributed by atoms with van der Waals surface area (Å²) in [5.41, 5.74) is 1.82. The lowest BCUT2D eigenvalue weighted by Gasteiger charge is -2.19. The fourth-order valence-electron chi connectivity index (χ4n) is 3.61. The van der Waals surface area contributed by atoms with E-state index < -0.39 is 6.04 Å².